The summed E-state index contributed by atoms with van der Waals surface area (Å²) in [5.41, 5.74) is 1.95. The molecule has 7 nitrogen and oxygen atoms in total. The van der Waals surface area contributed by atoms with Crippen LogP contribution in [0.15, 0.2) is 42.5 Å². The van der Waals surface area contributed by atoms with Crippen LogP contribution in [0.25, 0.3) is 0 Å². The van der Waals surface area contributed by atoms with E-state index in [1.54, 1.807) is 12.0 Å². The average Bonchev–Trinajstić information content (AvgIpc) is 2.87. The molecule has 0 saturated heterocycles. The van der Waals surface area contributed by atoms with Gasteiger partial charge in [-0.15, -0.1) is 0 Å². The summed E-state index contributed by atoms with van der Waals surface area (Å²) in [4.78, 5) is 28.2. The molecule has 2 atom stereocenters. The van der Waals surface area contributed by atoms with Crippen LogP contribution in [0.1, 0.15) is 51.2 Å². The molecule has 1 aliphatic heterocycles. The van der Waals surface area contributed by atoms with Gasteiger partial charge in [-0.3, -0.25) is 9.59 Å². The zero-order valence-corrected chi connectivity index (χ0v) is 20.6. The summed E-state index contributed by atoms with van der Waals surface area (Å²) in [5, 5.41) is 3.04. The number of methoxy groups -OCH3 is 1. The second kappa shape index (κ2) is 12.3. The molecule has 0 unspecified atom stereocenters. The minimum absolute atomic E-state index is 0.0530. The van der Waals surface area contributed by atoms with E-state index in [1.807, 2.05) is 63.2 Å². The number of nitrogens with zero attached hydrogens (tertiary/aromatic N) is 1. The van der Waals surface area contributed by atoms with E-state index in [2.05, 4.69) is 5.32 Å². The van der Waals surface area contributed by atoms with Crippen molar-refractivity contribution in [3.8, 4) is 17.2 Å². The maximum absolute atomic E-state index is 13.5. The fourth-order valence-corrected chi connectivity index (χ4v) is 3.93. The summed E-state index contributed by atoms with van der Waals surface area (Å²) in [7, 11) is 1.62. The fourth-order valence-electron chi connectivity index (χ4n) is 3.93. The molecule has 34 heavy (non-hydrogen) atoms. The minimum Gasteiger partial charge on any atom is -0.497 e. The van der Waals surface area contributed by atoms with Gasteiger partial charge >= 0.3 is 0 Å². The van der Waals surface area contributed by atoms with E-state index in [0.29, 0.717) is 44.8 Å². The first-order chi connectivity index (χ1) is 16.4. The number of benzene rings is 2. The van der Waals surface area contributed by atoms with Crippen LogP contribution in [0.5, 0.6) is 17.2 Å². The van der Waals surface area contributed by atoms with Crippen LogP contribution in [0.4, 0.5) is 0 Å². The predicted octanol–water partition coefficient (Wildman–Crippen LogP) is 4.12. The molecule has 3 rings (SSSR count). The summed E-state index contributed by atoms with van der Waals surface area (Å²) < 4.78 is 16.5. The summed E-state index contributed by atoms with van der Waals surface area (Å²) in [5.74, 6) is 2.03. The van der Waals surface area contributed by atoms with Crippen molar-refractivity contribution in [3.63, 3.8) is 0 Å². The second-order valence-electron chi connectivity index (χ2n) is 8.59. The van der Waals surface area contributed by atoms with Crippen molar-refractivity contribution in [2.24, 2.45) is 0 Å². The van der Waals surface area contributed by atoms with Crippen molar-refractivity contribution in [2.75, 3.05) is 20.3 Å². The topological polar surface area (TPSA) is 77.1 Å². The number of fused-ring (bicyclic) bond motifs is 1. The normalized spacial score (nSPS) is 14.1. The van der Waals surface area contributed by atoms with Gasteiger partial charge in [0.1, 0.15) is 25.0 Å². The Morgan fingerprint density at radius 3 is 2.32 bits per heavy atom. The van der Waals surface area contributed by atoms with Crippen molar-refractivity contribution >= 4 is 11.8 Å². The van der Waals surface area contributed by atoms with Crippen LogP contribution in [0, 0.1) is 0 Å². The van der Waals surface area contributed by atoms with E-state index in [0.717, 1.165) is 29.0 Å². The number of aryl methyl sites for hydroxylation is 1. The molecule has 1 N–H and O–H groups in total. The smallest absolute Gasteiger partial charge is 0.243 e. The van der Waals surface area contributed by atoms with Gasteiger partial charge in [-0.25, -0.2) is 0 Å². The lowest BCUT2D eigenvalue weighted by Crippen LogP contribution is -2.50. The summed E-state index contributed by atoms with van der Waals surface area (Å²) in [6.07, 6.45) is 2.22. The summed E-state index contributed by atoms with van der Waals surface area (Å²) in [6, 6.07) is 12.9. The molecule has 2 aromatic carbocycles. The molecular weight excluding hydrogens is 432 g/mol. The Labute approximate surface area is 202 Å². The van der Waals surface area contributed by atoms with Gasteiger partial charge in [0.05, 0.1) is 7.11 Å². The lowest BCUT2D eigenvalue weighted by Gasteiger charge is -2.31. The van der Waals surface area contributed by atoms with Crippen LogP contribution in [0.3, 0.4) is 0 Å². The van der Waals surface area contributed by atoms with E-state index in [4.69, 9.17) is 14.2 Å². The number of hydrogen-bond donors (Lipinski definition) is 1. The van der Waals surface area contributed by atoms with Crippen LogP contribution < -0.4 is 19.5 Å². The first kappa shape index (κ1) is 25.4. The van der Waals surface area contributed by atoms with Gasteiger partial charge in [-0.1, -0.05) is 32.0 Å². The van der Waals surface area contributed by atoms with Crippen LogP contribution >= 0.6 is 0 Å². The molecule has 184 valence electrons. The van der Waals surface area contributed by atoms with Gasteiger partial charge < -0.3 is 24.4 Å². The number of ether oxygens (including phenoxy) is 3. The van der Waals surface area contributed by atoms with Crippen LogP contribution in [0.2, 0.25) is 0 Å². The SMILES string of the molecule is CC[C@@H](C)NC(=O)[C@@H](CC)N(Cc1ccc(OC)cc1)C(=O)CCc1ccc2c(c1)OCCO2. The van der Waals surface area contributed by atoms with Gasteiger partial charge in [-0.05, 0) is 61.6 Å². The van der Waals surface area contributed by atoms with Gasteiger partial charge in [0.2, 0.25) is 11.8 Å². The van der Waals surface area contributed by atoms with Crippen LogP contribution in [-0.2, 0) is 22.6 Å². The van der Waals surface area contributed by atoms with Crippen molar-refractivity contribution in [1.29, 1.82) is 0 Å². The standard InChI is InChI=1S/C27H36N2O5/c1-5-19(3)28-27(31)23(6-2)29(18-21-7-11-22(32-4)12-8-21)26(30)14-10-20-9-13-24-25(17-20)34-16-15-33-24/h7-9,11-13,17,19,23H,5-6,10,14-16,18H2,1-4H3,(H,28,31)/t19-,23-/m1/s1. The van der Waals surface area contributed by atoms with Crippen molar-refractivity contribution < 1.29 is 23.8 Å². The Kier molecular flexibility index (Phi) is 9.19. The molecule has 2 aromatic rings. The minimum atomic E-state index is -0.538. The highest BCUT2D eigenvalue weighted by Crippen LogP contribution is 2.31. The molecule has 0 radical (unpaired) electrons. The monoisotopic (exact) mass is 468 g/mol. The second-order valence-corrected chi connectivity index (χ2v) is 8.59. The van der Waals surface area contributed by atoms with Crippen molar-refractivity contribution in [3.05, 3.63) is 53.6 Å². The third-order valence-electron chi connectivity index (χ3n) is 6.13. The van der Waals surface area contributed by atoms with Gasteiger partial charge in [-0.2, -0.15) is 0 Å². The van der Waals surface area contributed by atoms with Gasteiger partial charge in [0.25, 0.3) is 0 Å². The number of rotatable bonds is 11. The quantitative estimate of drug-likeness (QED) is 0.537. The molecule has 0 fully saturated rings. The predicted molar refractivity (Wildman–Crippen MR) is 131 cm³/mol. The molecule has 0 spiro atoms. The van der Waals surface area contributed by atoms with E-state index in [1.165, 1.54) is 0 Å². The zero-order valence-electron chi connectivity index (χ0n) is 20.6. The Balaban J connectivity index is 1.76. The van der Waals surface area contributed by atoms with E-state index in [9.17, 15) is 9.59 Å². The first-order valence-electron chi connectivity index (χ1n) is 12.1. The maximum atomic E-state index is 13.5. The lowest BCUT2D eigenvalue weighted by atomic mass is 10.0. The Morgan fingerprint density at radius 2 is 1.68 bits per heavy atom. The Bertz CT molecular complexity index is 960. The number of amides is 2. The molecule has 2 amide bonds. The van der Waals surface area contributed by atoms with Crippen LogP contribution in [-0.4, -0.2) is 49.1 Å². The molecule has 0 saturated carbocycles. The molecule has 0 bridgehead atoms. The summed E-state index contributed by atoms with van der Waals surface area (Å²) in [6.45, 7) is 7.37. The molecular formula is C27H36N2O5. The highest BCUT2D eigenvalue weighted by molar-refractivity contribution is 5.88. The third kappa shape index (κ3) is 6.65. The lowest BCUT2D eigenvalue weighted by molar-refractivity contribution is -0.141. The summed E-state index contributed by atoms with van der Waals surface area (Å²) >= 11 is 0. The molecule has 1 heterocycles. The molecule has 0 aliphatic carbocycles. The Morgan fingerprint density at radius 1 is 1.00 bits per heavy atom. The third-order valence-corrected chi connectivity index (χ3v) is 6.13. The highest BCUT2D eigenvalue weighted by Gasteiger charge is 2.29. The molecule has 1 aliphatic rings. The average molecular weight is 469 g/mol. The van der Waals surface area contributed by atoms with E-state index < -0.39 is 6.04 Å². The number of hydrogen-bond acceptors (Lipinski definition) is 5. The molecule has 7 heteroatoms. The number of carbonyl (C=O) groups excluding carboxylic acids is 2. The van der Waals surface area contributed by atoms with E-state index in [-0.39, 0.29) is 17.9 Å². The van der Waals surface area contributed by atoms with Gasteiger partial charge in [0, 0.05) is 19.0 Å². The highest BCUT2D eigenvalue weighted by atomic mass is 16.6. The van der Waals surface area contributed by atoms with E-state index >= 15 is 0 Å². The van der Waals surface area contributed by atoms with Crippen molar-refractivity contribution in [2.45, 2.75) is 65.1 Å². The Hall–Kier alpha value is -3.22. The number of nitrogens with one attached hydrogen (secondary N) is 1. The zero-order chi connectivity index (χ0) is 24.5. The van der Waals surface area contributed by atoms with Gasteiger partial charge in [0.15, 0.2) is 11.5 Å². The largest absolute Gasteiger partial charge is 0.497 e. The fraction of sp³-hybridized carbons (Fsp3) is 0.481. The van der Waals surface area contributed by atoms with Crippen molar-refractivity contribution in [1.82, 2.24) is 10.2 Å². The number of carbonyl (C=O) groups is 2. The molecule has 0 aromatic heterocycles. The first-order valence-corrected chi connectivity index (χ1v) is 12.1. The maximum Gasteiger partial charge on any atom is 0.243 e.